The van der Waals surface area contributed by atoms with E-state index in [-0.39, 0.29) is 18.9 Å². The zero-order valence-corrected chi connectivity index (χ0v) is 18.3. The summed E-state index contributed by atoms with van der Waals surface area (Å²) in [6.45, 7) is -3.12. The van der Waals surface area contributed by atoms with Gasteiger partial charge in [0.15, 0.2) is 0 Å². The van der Waals surface area contributed by atoms with Crippen LogP contribution < -0.4 is 0 Å². The molecular weight excluding hydrogens is 426 g/mol. The summed E-state index contributed by atoms with van der Waals surface area (Å²) in [6, 6.07) is 26.9. The third-order valence-electron chi connectivity index (χ3n) is 6.37. The van der Waals surface area contributed by atoms with Crippen LogP contribution in [0.3, 0.4) is 0 Å². The number of carboxylic acids is 1. The number of hydrogen-bond acceptors (Lipinski definition) is 3. The first-order valence-electron chi connectivity index (χ1n) is 12.6. The van der Waals surface area contributed by atoms with Crippen LogP contribution in [0.1, 0.15) is 26.7 Å². The normalized spacial score (nSPS) is 14.9. The van der Waals surface area contributed by atoms with E-state index in [9.17, 15) is 14.7 Å². The summed E-state index contributed by atoms with van der Waals surface area (Å²) in [5.41, 5.74) is 4.62. The Balaban J connectivity index is 1.40. The quantitative estimate of drug-likeness (QED) is 0.405. The Morgan fingerprint density at radius 3 is 2.18 bits per heavy atom. The van der Waals surface area contributed by atoms with E-state index >= 15 is 0 Å². The molecule has 0 radical (unpaired) electrons. The number of rotatable bonds is 6. The van der Waals surface area contributed by atoms with Crippen molar-refractivity contribution in [1.82, 2.24) is 4.90 Å². The number of nitrogens with zero attached hydrogens (tertiary/aromatic N) is 1. The molecule has 4 aromatic rings. The molecule has 5 rings (SSSR count). The third kappa shape index (κ3) is 4.01. The van der Waals surface area contributed by atoms with Gasteiger partial charge < -0.3 is 9.84 Å². The predicted octanol–water partition coefficient (Wildman–Crippen LogP) is 5.72. The lowest BCUT2D eigenvalue weighted by molar-refractivity contribution is -0.142. The van der Waals surface area contributed by atoms with Gasteiger partial charge in [0.25, 0.3) is 0 Å². The molecule has 0 bridgehead atoms. The molecular formula is C29H25NO4. The smallest absolute Gasteiger partial charge is 0.410 e. The largest absolute Gasteiger partial charge is 0.480 e. The van der Waals surface area contributed by atoms with E-state index in [1.54, 1.807) is 12.1 Å². The average molecular weight is 455 g/mol. The molecule has 0 spiro atoms. The van der Waals surface area contributed by atoms with E-state index in [4.69, 9.17) is 8.85 Å². The summed E-state index contributed by atoms with van der Waals surface area (Å²) >= 11 is 0. The van der Waals surface area contributed by atoms with Crippen LogP contribution in [-0.4, -0.2) is 41.7 Å². The molecule has 1 aliphatic carbocycles. The van der Waals surface area contributed by atoms with Gasteiger partial charge in [-0.05, 0) is 38.6 Å². The molecule has 0 unspecified atom stereocenters. The van der Waals surface area contributed by atoms with Gasteiger partial charge in [-0.25, -0.2) is 9.59 Å². The Kier molecular flexibility index (Phi) is 4.86. The highest BCUT2D eigenvalue weighted by Gasteiger charge is 2.32. The lowest BCUT2D eigenvalue weighted by Crippen LogP contribution is -2.44. The zero-order valence-electron chi connectivity index (χ0n) is 21.3. The molecule has 0 aromatic heterocycles. The topological polar surface area (TPSA) is 66.8 Å². The predicted molar refractivity (Wildman–Crippen MR) is 132 cm³/mol. The zero-order chi connectivity index (χ0) is 26.2. The van der Waals surface area contributed by atoms with Crippen LogP contribution in [0.25, 0.3) is 21.9 Å². The van der Waals surface area contributed by atoms with Crippen molar-refractivity contribution in [3.05, 3.63) is 108 Å². The van der Waals surface area contributed by atoms with Gasteiger partial charge in [0.05, 0.1) is 0 Å². The Hall–Kier alpha value is -4.12. The second kappa shape index (κ2) is 9.02. The Bertz CT molecular complexity index is 1440. The van der Waals surface area contributed by atoms with Crippen molar-refractivity contribution in [1.29, 1.82) is 0 Å². The number of fused-ring (bicyclic) bond motifs is 4. The van der Waals surface area contributed by atoms with E-state index in [0.717, 1.165) is 33.0 Å². The highest BCUT2D eigenvalue weighted by Crippen LogP contribution is 2.44. The maximum Gasteiger partial charge on any atom is 0.410 e. The highest BCUT2D eigenvalue weighted by atomic mass is 16.6. The molecule has 0 fully saturated rings. The second-order valence-corrected chi connectivity index (χ2v) is 8.41. The summed E-state index contributed by atoms with van der Waals surface area (Å²) in [4.78, 5) is 25.8. The molecule has 0 heterocycles. The molecule has 1 N–H and O–H groups in total. The lowest BCUT2D eigenvalue weighted by Gasteiger charge is -2.25. The number of benzene rings is 4. The minimum Gasteiger partial charge on any atom is -0.480 e. The number of hydrogen-bond donors (Lipinski definition) is 1. The van der Waals surface area contributed by atoms with E-state index in [0.29, 0.717) is 10.5 Å². The van der Waals surface area contributed by atoms with Crippen molar-refractivity contribution in [3.8, 4) is 11.1 Å². The van der Waals surface area contributed by atoms with Gasteiger partial charge >= 0.3 is 12.1 Å². The minimum absolute atomic E-state index is 0.109. The first kappa shape index (κ1) is 18.3. The Morgan fingerprint density at radius 2 is 1.53 bits per heavy atom. The summed E-state index contributed by atoms with van der Waals surface area (Å²) in [6.07, 6.45) is -1.36. The third-order valence-corrected chi connectivity index (χ3v) is 6.37. The maximum atomic E-state index is 13.2. The van der Waals surface area contributed by atoms with Crippen LogP contribution in [0.5, 0.6) is 0 Å². The van der Waals surface area contributed by atoms with Crippen molar-refractivity contribution in [3.63, 3.8) is 0 Å². The number of amides is 1. The molecule has 1 aliphatic rings. The van der Waals surface area contributed by atoms with Gasteiger partial charge in [0.1, 0.15) is 12.6 Å². The van der Waals surface area contributed by atoms with E-state index in [1.165, 1.54) is 0 Å². The molecule has 0 saturated carbocycles. The van der Waals surface area contributed by atoms with Gasteiger partial charge in [-0.15, -0.1) is 0 Å². The fourth-order valence-corrected chi connectivity index (χ4v) is 4.67. The van der Waals surface area contributed by atoms with Gasteiger partial charge in [0.2, 0.25) is 0 Å². The van der Waals surface area contributed by atoms with Crippen molar-refractivity contribution in [2.24, 2.45) is 0 Å². The van der Waals surface area contributed by atoms with Gasteiger partial charge in [-0.2, -0.15) is 0 Å². The lowest BCUT2D eigenvalue weighted by atomic mass is 9.98. The average Bonchev–Trinajstić information content (AvgIpc) is 3.20. The SMILES string of the molecule is [2H]C([2H])([2H])N(C(=O)OCC1c2ccccc2-c2ccccc21)[C@@H](Cc1ccc2ccccc2c1)C(=O)O. The molecule has 1 amide bonds. The minimum atomic E-state index is -3.01. The van der Waals surface area contributed by atoms with Gasteiger partial charge in [-0.3, -0.25) is 4.90 Å². The van der Waals surface area contributed by atoms with Gasteiger partial charge in [0, 0.05) is 23.4 Å². The Labute approximate surface area is 202 Å². The van der Waals surface area contributed by atoms with E-state index in [1.807, 2.05) is 78.9 Å². The summed E-state index contributed by atoms with van der Waals surface area (Å²) in [5.74, 6) is -1.70. The van der Waals surface area contributed by atoms with Crippen molar-refractivity contribution in [2.75, 3.05) is 13.6 Å². The molecule has 0 aliphatic heterocycles. The van der Waals surface area contributed by atoms with Crippen LogP contribution >= 0.6 is 0 Å². The molecule has 170 valence electrons. The maximum absolute atomic E-state index is 13.2. The monoisotopic (exact) mass is 454 g/mol. The van der Waals surface area contributed by atoms with Crippen molar-refractivity contribution >= 4 is 22.8 Å². The fourth-order valence-electron chi connectivity index (χ4n) is 4.67. The molecule has 5 nitrogen and oxygen atoms in total. The standard InChI is InChI=1S/C29H25NO4/c1-30(27(28(31)32)17-19-14-15-20-8-2-3-9-21(20)16-19)29(33)34-18-26-24-12-6-4-10-22(24)23-11-5-7-13-25(23)26/h2-16,26-27H,17-18H2,1H3,(H,31,32)/t27-/m0/s1/i1D3. The molecule has 34 heavy (non-hydrogen) atoms. The van der Waals surface area contributed by atoms with Crippen LogP contribution in [-0.2, 0) is 16.0 Å². The molecule has 4 aromatic carbocycles. The molecule has 1 atom stereocenters. The first-order chi connectivity index (χ1) is 17.7. The number of aliphatic carboxylic acids is 1. The Morgan fingerprint density at radius 1 is 0.912 bits per heavy atom. The van der Waals surface area contributed by atoms with Gasteiger partial charge in [-0.1, -0.05) is 91.0 Å². The van der Waals surface area contributed by atoms with Crippen LogP contribution in [0.4, 0.5) is 4.79 Å². The number of carbonyl (C=O) groups is 2. The summed E-state index contributed by atoms with van der Waals surface area (Å²) in [5, 5.41) is 11.8. The molecule has 0 saturated heterocycles. The van der Waals surface area contributed by atoms with Crippen LogP contribution in [0, 0.1) is 0 Å². The number of ether oxygens (including phenoxy) is 1. The van der Waals surface area contributed by atoms with Crippen molar-refractivity contribution < 1.29 is 23.5 Å². The second-order valence-electron chi connectivity index (χ2n) is 8.41. The summed E-state index contributed by atoms with van der Waals surface area (Å²) < 4.78 is 29.4. The van der Waals surface area contributed by atoms with Crippen LogP contribution in [0.2, 0.25) is 0 Å². The van der Waals surface area contributed by atoms with E-state index in [2.05, 4.69) is 0 Å². The molecule has 5 heteroatoms. The number of carboxylic acid groups (broad SMARTS) is 1. The first-order valence-corrected chi connectivity index (χ1v) is 11.1. The fraction of sp³-hybridized carbons (Fsp3) is 0.172. The number of likely N-dealkylation sites (N-methyl/N-ethyl adjacent to an activating group) is 1. The van der Waals surface area contributed by atoms with E-state index < -0.39 is 25.1 Å². The van der Waals surface area contributed by atoms with Crippen LogP contribution in [0.15, 0.2) is 91.0 Å². The summed E-state index contributed by atoms with van der Waals surface area (Å²) in [7, 11) is 0. The highest BCUT2D eigenvalue weighted by molar-refractivity contribution is 5.84. The van der Waals surface area contributed by atoms with Crippen molar-refractivity contribution in [2.45, 2.75) is 18.4 Å². The number of carbonyl (C=O) groups excluding carboxylic acids is 1.